The Morgan fingerprint density at radius 3 is 2.62 bits per heavy atom. The van der Waals surface area contributed by atoms with Crippen LogP contribution in [0.3, 0.4) is 0 Å². The van der Waals surface area contributed by atoms with E-state index in [0.29, 0.717) is 52.6 Å². The van der Waals surface area contributed by atoms with E-state index in [1.54, 1.807) is 49.2 Å². The summed E-state index contributed by atoms with van der Waals surface area (Å²) in [6, 6.07) is 11.7. The molecule has 3 aromatic rings. The fourth-order valence-electron chi connectivity index (χ4n) is 5.09. The number of nitrogens with zero attached hydrogens (tertiary/aromatic N) is 3. The maximum absolute atomic E-state index is 13.6. The van der Waals surface area contributed by atoms with Crippen LogP contribution in [0, 0.1) is 12.8 Å². The second kappa shape index (κ2) is 11.6. The monoisotopic (exact) mass is 593 g/mol. The predicted molar refractivity (Wildman–Crippen MR) is 153 cm³/mol. The summed E-state index contributed by atoms with van der Waals surface area (Å²) in [4.78, 5) is 41.2. The first-order valence-electron chi connectivity index (χ1n) is 14.0. The van der Waals surface area contributed by atoms with Crippen molar-refractivity contribution in [3.05, 3.63) is 70.0 Å². The van der Waals surface area contributed by atoms with Crippen LogP contribution in [0.2, 0.25) is 5.02 Å². The Morgan fingerprint density at radius 1 is 1.12 bits per heavy atom. The molecule has 4 aliphatic rings. The van der Waals surface area contributed by atoms with E-state index in [2.05, 4.69) is 15.7 Å². The van der Waals surface area contributed by atoms with Gasteiger partial charge in [-0.3, -0.25) is 19.1 Å². The van der Waals surface area contributed by atoms with Gasteiger partial charge in [-0.25, -0.2) is 0 Å². The Kier molecular flexibility index (Phi) is 7.68. The summed E-state index contributed by atoms with van der Waals surface area (Å²) in [5.41, 5.74) is 2.03. The average molecular weight is 594 g/mol. The number of carbonyl (C=O) groups is 3. The number of likely N-dealkylation sites (tertiary alicyclic amines) is 1. The summed E-state index contributed by atoms with van der Waals surface area (Å²) in [5, 5.41) is 10.5. The minimum absolute atomic E-state index is 0.202. The molecule has 12 heteroatoms. The van der Waals surface area contributed by atoms with Gasteiger partial charge in [0.05, 0.1) is 29.9 Å². The van der Waals surface area contributed by atoms with Crippen LogP contribution >= 0.6 is 11.6 Å². The third kappa shape index (κ3) is 6.15. The normalized spacial score (nSPS) is 20.6. The highest BCUT2D eigenvalue weighted by molar-refractivity contribution is 6.34. The first-order chi connectivity index (χ1) is 20.2. The van der Waals surface area contributed by atoms with Gasteiger partial charge < -0.3 is 29.7 Å². The van der Waals surface area contributed by atoms with Crippen molar-refractivity contribution in [1.29, 1.82) is 0 Å². The van der Waals surface area contributed by atoms with Gasteiger partial charge in [-0.15, -0.1) is 0 Å². The fourth-order valence-corrected chi connectivity index (χ4v) is 5.33. The number of nitrogens with one attached hydrogen (secondary N) is 2. The highest BCUT2D eigenvalue weighted by atomic mass is 35.5. The number of hydrogen-bond donors (Lipinski definition) is 2. The molecule has 2 fully saturated rings. The van der Waals surface area contributed by atoms with Gasteiger partial charge in [0, 0.05) is 31.8 Å². The maximum atomic E-state index is 13.6. The van der Waals surface area contributed by atoms with Crippen molar-refractivity contribution in [3.63, 3.8) is 0 Å². The molecule has 0 radical (unpaired) electrons. The molecule has 0 spiro atoms. The Hall–Kier alpha value is -4.25. The lowest BCUT2D eigenvalue weighted by molar-refractivity contribution is -0.123. The largest absolute Gasteiger partial charge is 0.493 e. The standard InChI is InChI=1S/C30H32ClN5O6/c1-17-27(31)28(35(2)34-17)30(39)36-13-24-25(14-36)42-21-7-5-18(6-8-21)12-32-26(37)16-41-23-10-20(29(38)33-24)9-22(11-23)40-15-19-3-4-19/h5-11,19,24-25H,3-4,12-16H2,1-2H3,(H,32,37)(H,33,38)/t24-,25-/m0/s1. The number of aromatic nitrogens is 2. The molecule has 2 atom stereocenters. The molecular formula is C30H32ClN5O6. The second-order valence-corrected chi connectivity index (χ2v) is 11.4. The number of carbonyl (C=O) groups excluding carboxylic acids is 3. The van der Waals surface area contributed by atoms with E-state index in [0.717, 1.165) is 18.4 Å². The van der Waals surface area contributed by atoms with Gasteiger partial charge >= 0.3 is 0 Å². The molecular weight excluding hydrogens is 562 g/mol. The third-order valence-electron chi connectivity index (χ3n) is 7.62. The first-order valence-corrected chi connectivity index (χ1v) is 14.3. The Labute approximate surface area is 248 Å². The maximum Gasteiger partial charge on any atom is 0.273 e. The van der Waals surface area contributed by atoms with Crippen molar-refractivity contribution >= 4 is 29.3 Å². The lowest BCUT2D eigenvalue weighted by Crippen LogP contribution is -2.45. The van der Waals surface area contributed by atoms with E-state index < -0.39 is 12.1 Å². The molecule has 11 nitrogen and oxygen atoms in total. The van der Waals surface area contributed by atoms with Crippen LogP contribution in [0.15, 0.2) is 42.5 Å². The predicted octanol–water partition coefficient (Wildman–Crippen LogP) is 2.88. The minimum Gasteiger partial charge on any atom is -0.493 e. The van der Waals surface area contributed by atoms with E-state index in [9.17, 15) is 14.4 Å². The van der Waals surface area contributed by atoms with Gasteiger partial charge in [0.1, 0.15) is 29.0 Å². The number of amides is 3. The average Bonchev–Trinajstić information content (AvgIpc) is 3.67. The van der Waals surface area contributed by atoms with Gasteiger partial charge in [0.25, 0.3) is 17.7 Å². The number of ether oxygens (including phenoxy) is 3. The Balaban J connectivity index is 1.30. The molecule has 1 aromatic heterocycles. The second-order valence-electron chi connectivity index (χ2n) is 11.0. The zero-order valence-corrected chi connectivity index (χ0v) is 24.1. The zero-order valence-electron chi connectivity index (χ0n) is 23.4. The number of benzene rings is 2. The third-order valence-corrected chi connectivity index (χ3v) is 8.07. The molecule has 2 aromatic carbocycles. The molecule has 42 heavy (non-hydrogen) atoms. The number of fused-ring (bicyclic) bond motifs is 7. The van der Waals surface area contributed by atoms with Crippen molar-refractivity contribution in [2.45, 2.75) is 38.5 Å². The summed E-state index contributed by atoms with van der Waals surface area (Å²) in [5.74, 6) is 0.931. The molecule has 1 aliphatic carbocycles. The summed E-state index contributed by atoms with van der Waals surface area (Å²) >= 11 is 6.42. The highest BCUT2D eigenvalue weighted by Gasteiger charge is 2.40. The van der Waals surface area contributed by atoms with E-state index >= 15 is 0 Å². The van der Waals surface area contributed by atoms with E-state index in [4.69, 9.17) is 25.8 Å². The molecule has 1 saturated heterocycles. The van der Waals surface area contributed by atoms with Crippen LogP contribution < -0.4 is 24.8 Å². The van der Waals surface area contributed by atoms with E-state index in [-0.39, 0.29) is 43.1 Å². The van der Waals surface area contributed by atoms with Crippen LogP contribution in [-0.2, 0) is 18.4 Å². The topological polar surface area (TPSA) is 124 Å². The van der Waals surface area contributed by atoms with Crippen LogP contribution in [0.4, 0.5) is 0 Å². The number of aryl methyl sites for hydroxylation is 2. The number of rotatable bonds is 4. The summed E-state index contributed by atoms with van der Waals surface area (Å²) in [6.45, 7) is 2.82. The van der Waals surface area contributed by atoms with Crippen molar-refractivity contribution in [3.8, 4) is 17.2 Å². The van der Waals surface area contributed by atoms with E-state index in [1.807, 2.05) is 12.1 Å². The summed E-state index contributed by atoms with van der Waals surface area (Å²) in [7, 11) is 1.67. The molecule has 7 rings (SSSR count). The van der Waals surface area contributed by atoms with Crippen molar-refractivity contribution in [2.24, 2.45) is 13.0 Å². The van der Waals surface area contributed by atoms with Crippen LogP contribution in [0.5, 0.6) is 17.2 Å². The lowest BCUT2D eigenvalue weighted by atomic mass is 10.1. The van der Waals surface area contributed by atoms with Crippen molar-refractivity contribution < 1.29 is 28.6 Å². The van der Waals surface area contributed by atoms with Gasteiger partial charge in [-0.05, 0) is 55.5 Å². The molecule has 1 saturated carbocycles. The minimum atomic E-state index is -0.544. The zero-order chi connectivity index (χ0) is 29.4. The van der Waals surface area contributed by atoms with Gasteiger partial charge in [0.15, 0.2) is 6.61 Å². The first kappa shape index (κ1) is 27.9. The molecule has 3 aliphatic heterocycles. The molecule has 3 amide bonds. The number of hydrogen-bond acceptors (Lipinski definition) is 7. The summed E-state index contributed by atoms with van der Waals surface area (Å²) in [6.07, 6.45) is 1.69. The fraction of sp³-hybridized carbons (Fsp3) is 0.400. The van der Waals surface area contributed by atoms with Crippen molar-refractivity contribution in [1.82, 2.24) is 25.3 Å². The van der Waals surface area contributed by atoms with Gasteiger partial charge in [-0.2, -0.15) is 5.10 Å². The summed E-state index contributed by atoms with van der Waals surface area (Å²) < 4.78 is 19.5. The lowest BCUT2D eigenvalue weighted by Gasteiger charge is -2.21. The van der Waals surface area contributed by atoms with E-state index in [1.165, 1.54) is 4.68 Å². The van der Waals surface area contributed by atoms with Crippen LogP contribution in [0.1, 0.15) is 44.9 Å². The molecule has 4 bridgehead atoms. The molecule has 4 heterocycles. The smallest absolute Gasteiger partial charge is 0.273 e. The molecule has 2 N–H and O–H groups in total. The Bertz CT molecular complexity index is 1520. The quantitative estimate of drug-likeness (QED) is 0.477. The SMILES string of the molecule is Cc1nn(C)c(C(=O)N2C[C@@H]3NC(=O)c4cc(cc(OCC5CC5)c4)OCC(=O)NCc4ccc(cc4)O[C@H]3C2)c1Cl. The van der Waals surface area contributed by atoms with Gasteiger partial charge in [0.2, 0.25) is 0 Å². The number of halogens is 1. The highest BCUT2D eigenvalue weighted by Crippen LogP contribution is 2.31. The molecule has 220 valence electrons. The molecule has 0 unspecified atom stereocenters. The van der Waals surface area contributed by atoms with Crippen molar-refractivity contribution in [2.75, 3.05) is 26.3 Å². The van der Waals surface area contributed by atoms with Gasteiger partial charge in [-0.1, -0.05) is 23.7 Å². The van der Waals surface area contributed by atoms with Crippen LogP contribution in [0.25, 0.3) is 0 Å². The van der Waals surface area contributed by atoms with Crippen LogP contribution in [-0.4, -0.2) is 70.9 Å². The Morgan fingerprint density at radius 2 is 1.90 bits per heavy atom.